The lowest BCUT2D eigenvalue weighted by Gasteiger charge is -2.44. The number of urea groups is 1. The highest BCUT2D eigenvalue weighted by Gasteiger charge is 2.43. The van der Waals surface area contributed by atoms with E-state index in [9.17, 15) is 14.4 Å². The first-order chi connectivity index (χ1) is 14.5. The summed E-state index contributed by atoms with van der Waals surface area (Å²) in [5, 5.41) is 2.21. The van der Waals surface area contributed by atoms with Crippen LogP contribution in [0.15, 0.2) is 36.4 Å². The van der Waals surface area contributed by atoms with Gasteiger partial charge < -0.3 is 14.5 Å². The molecule has 1 aromatic heterocycles. The predicted octanol–water partition coefficient (Wildman–Crippen LogP) is 2.36. The van der Waals surface area contributed by atoms with Crippen molar-refractivity contribution < 1.29 is 19.1 Å². The number of piperidine rings is 1. The number of thiophene rings is 1. The molecule has 0 aliphatic carbocycles. The second-order valence-corrected chi connectivity index (χ2v) is 9.13. The van der Waals surface area contributed by atoms with E-state index in [4.69, 9.17) is 4.74 Å². The van der Waals surface area contributed by atoms with Crippen LogP contribution in [-0.2, 0) is 26.3 Å². The van der Waals surface area contributed by atoms with Crippen LogP contribution in [0, 0.1) is 0 Å². The van der Waals surface area contributed by atoms with Gasteiger partial charge in [-0.3, -0.25) is 14.9 Å². The number of rotatable bonds is 3. The molecule has 4 heterocycles. The van der Waals surface area contributed by atoms with Crippen molar-refractivity contribution in [3.63, 3.8) is 0 Å². The Morgan fingerprint density at radius 2 is 1.93 bits per heavy atom. The van der Waals surface area contributed by atoms with Crippen LogP contribution >= 0.6 is 11.3 Å². The first-order valence-electron chi connectivity index (χ1n) is 10.2. The summed E-state index contributed by atoms with van der Waals surface area (Å²) in [6.07, 6.45) is 2.40. The highest BCUT2D eigenvalue weighted by Crippen LogP contribution is 2.46. The van der Waals surface area contributed by atoms with Gasteiger partial charge in [-0.15, -0.1) is 11.3 Å². The van der Waals surface area contributed by atoms with Gasteiger partial charge in [-0.25, -0.2) is 4.79 Å². The summed E-state index contributed by atoms with van der Waals surface area (Å²) in [6.45, 7) is 1.75. The molecule has 0 unspecified atom stereocenters. The average Bonchev–Trinajstić information content (AvgIpc) is 3.33. The van der Waals surface area contributed by atoms with Gasteiger partial charge >= 0.3 is 6.03 Å². The number of fused-ring (bicyclic) bond motifs is 2. The summed E-state index contributed by atoms with van der Waals surface area (Å²) in [5.41, 5.74) is 2.15. The van der Waals surface area contributed by atoms with E-state index in [1.807, 2.05) is 17.4 Å². The van der Waals surface area contributed by atoms with Crippen molar-refractivity contribution in [1.82, 2.24) is 15.1 Å². The standard InChI is InChI=1S/C22H23N3O4S/c26-19-13-25(21(28)23-19)14-20(27)24-9-7-22(8-10-24)16-12-18(15-4-2-1-3-5-15)30-17(16)6-11-29-22/h1-5,12H,6-11,13-14H2,(H,23,26,28). The summed E-state index contributed by atoms with van der Waals surface area (Å²) in [7, 11) is 0. The van der Waals surface area contributed by atoms with Gasteiger partial charge in [-0.1, -0.05) is 30.3 Å². The third kappa shape index (κ3) is 3.40. The van der Waals surface area contributed by atoms with Gasteiger partial charge in [0.1, 0.15) is 13.1 Å². The molecule has 4 amide bonds. The normalized spacial score (nSPS) is 20.4. The molecule has 1 spiro atoms. The van der Waals surface area contributed by atoms with Gasteiger partial charge in [0.05, 0.1) is 12.2 Å². The molecule has 5 rings (SSSR count). The van der Waals surface area contributed by atoms with Crippen molar-refractivity contribution >= 4 is 29.2 Å². The zero-order valence-corrected chi connectivity index (χ0v) is 17.4. The minimum Gasteiger partial charge on any atom is -0.370 e. The molecule has 3 aliphatic heterocycles. The molecule has 2 saturated heterocycles. The number of benzene rings is 1. The van der Waals surface area contributed by atoms with Gasteiger partial charge in [-0.05, 0) is 30.0 Å². The number of amides is 4. The molecule has 0 bridgehead atoms. The fourth-order valence-corrected chi connectivity index (χ4v) is 5.80. The van der Waals surface area contributed by atoms with E-state index in [-0.39, 0.29) is 30.5 Å². The van der Waals surface area contributed by atoms with E-state index >= 15 is 0 Å². The van der Waals surface area contributed by atoms with Gasteiger partial charge in [0.25, 0.3) is 0 Å². The highest BCUT2D eigenvalue weighted by atomic mass is 32.1. The molecule has 0 saturated carbocycles. The number of nitrogens with one attached hydrogen (secondary N) is 1. The van der Waals surface area contributed by atoms with E-state index in [0.717, 1.165) is 19.3 Å². The molecule has 0 radical (unpaired) electrons. The third-order valence-corrected chi connectivity index (χ3v) is 7.43. The molecular formula is C22H23N3O4S. The van der Waals surface area contributed by atoms with Crippen LogP contribution in [0.2, 0.25) is 0 Å². The Morgan fingerprint density at radius 1 is 1.17 bits per heavy atom. The van der Waals surface area contributed by atoms with Crippen LogP contribution in [0.5, 0.6) is 0 Å². The quantitative estimate of drug-likeness (QED) is 0.766. The van der Waals surface area contributed by atoms with Crippen molar-refractivity contribution in [2.24, 2.45) is 0 Å². The fraction of sp³-hybridized carbons (Fsp3) is 0.409. The second-order valence-electron chi connectivity index (χ2n) is 8.00. The van der Waals surface area contributed by atoms with Crippen molar-refractivity contribution in [1.29, 1.82) is 0 Å². The summed E-state index contributed by atoms with van der Waals surface area (Å²) in [4.78, 5) is 41.4. The number of carbonyl (C=O) groups is 3. The van der Waals surface area contributed by atoms with Gasteiger partial charge in [0.2, 0.25) is 11.8 Å². The zero-order valence-electron chi connectivity index (χ0n) is 16.6. The molecule has 1 aromatic carbocycles. The molecule has 156 valence electrons. The zero-order chi connectivity index (χ0) is 20.7. The topological polar surface area (TPSA) is 79.0 Å². The van der Waals surface area contributed by atoms with Gasteiger partial charge in [0.15, 0.2) is 0 Å². The van der Waals surface area contributed by atoms with Crippen LogP contribution < -0.4 is 5.32 Å². The van der Waals surface area contributed by atoms with E-state index < -0.39 is 6.03 Å². The maximum atomic E-state index is 12.7. The van der Waals surface area contributed by atoms with Crippen LogP contribution in [0.3, 0.4) is 0 Å². The van der Waals surface area contributed by atoms with Gasteiger partial charge in [-0.2, -0.15) is 0 Å². The van der Waals surface area contributed by atoms with Crippen molar-refractivity contribution in [2.75, 3.05) is 32.8 Å². The van der Waals surface area contributed by atoms with Crippen molar-refractivity contribution in [3.8, 4) is 10.4 Å². The number of carbonyl (C=O) groups excluding carboxylic acids is 3. The van der Waals surface area contributed by atoms with E-state index in [1.54, 1.807) is 4.90 Å². The lowest BCUT2D eigenvalue weighted by atomic mass is 9.82. The van der Waals surface area contributed by atoms with E-state index in [0.29, 0.717) is 19.7 Å². The number of likely N-dealkylation sites (tertiary alicyclic amines) is 1. The monoisotopic (exact) mass is 425 g/mol. The van der Waals surface area contributed by atoms with Crippen LogP contribution in [-0.4, -0.2) is 60.4 Å². The Hall–Kier alpha value is -2.71. The number of ether oxygens (including phenoxy) is 1. The Bertz CT molecular complexity index is 995. The Morgan fingerprint density at radius 3 is 2.63 bits per heavy atom. The lowest BCUT2D eigenvalue weighted by Crippen LogP contribution is -2.50. The first-order valence-corrected chi connectivity index (χ1v) is 11.0. The molecule has 8 heteroatoms. The average molecular weight is 426 g/mol. The summed E-state index contributed by atoms with van der Waals surface area (Å²) in [6, 6.07) is 12.2. The molecule has 2 aromatic rings. The molecule has 2 fully saturated rings. The second kappa shape index (κ2) is 7.52. The van der Waals surface area contributed by atoms with Gasteiger partial charge in [0, 0.05) is 29.3 Å². The number of hydrogen-bond donors (Lipinski definition) is 1. The van der Waals surface area contributed by atoms with E-state index in [1.165, 1.54) is 25.8 Å². The Kier molecular flexibility index (Phi) is 4.83. The molecule has 7 nitrogen and oxygen atoms in total. The maximum Gasteiger partial charge on any atom is 0.325 e. The third-order valence-electron chi connectivity index (χ3n) is 6.18. The SMILES string of the molecule is O=C1CN(CC(=O)N2CCC3(CC2)OCCc2sc(-c4ccccc4)cc23)C(=O)N1. The number of imide groups is 1. The molecule has 3 aliphatic rings. The fourth-order valence-electron chi connectivity index (χ4n) is 4.57. The van der Waals surface area contributed by atoms with Crippen LogP contribution in [0.25, 0.3) is 10.4 Å². The molecule has 30 heavy (non-hydrogen) atoms. The Balaban J connectivity index is 1.29. The predicted molar refractivity (Wildman–Crippen MR) is 112 cm³/mol. The smallest absolute Gasteiger partial charge is 0.325 e. The first kappa shape index (κ1) is 19.3. The minimum absolute atomic E-state index is 0.0496. The summed E-state index contributed by atoms with van der Waals surface area (Å²) < 4.78 is 6.32. The lowest BCUT2D eigenvalue weighted by molar-refractivity contribution is -0.141. The summed E-state index contributed by atoms with van der Waals surface area (Å²) >= 11 is 1.84. The van der Waals surface area contributed by atoms with Crippen LogP contribution in [0.1, 0.15) is 23.3 Å². The van der Waals surface area contributed by atoms with Crippen LogP contribution in [0.4, 0.5) is 4.79 Å². The highest BCUT2D eigenvalue weighted by molar-refractivity contribution is 7.15. The Labute approximate surface area is 178 Å². The van der Waals surface area contributed by atoms with Crippen molar-refractivity contribution in [2.45, 2.75) is 24.9 Å². The molecule has 1 N–H and O–H groups in total. The summed E-state index contributed by atoms with van der Waals surface area (Å²) in [5.74, 6) is -0.485. The number of hydrogen-bond acceptors (Lipinski definition) is 5. The minimum atomic E-state index is -0.492. The number of nitrogens with zero attached hydrogens (tertiary/aromatic N) is 2. The largest absolute Gasteiger partial charge is 0.370 e. The van der Waals surface area contributed by atoms with E-state index in [2.05, 4.69) is 35.6 Å². The van der Waals surface area contributed by atoms with Crippen molar-refractivity contribution in [3.05, 3.63) is 46.8 Å². The molecular weight excluding hydrogens is 402 g/mol. The maximum absolute atomic E-state index is 12.7. The molecule has 0 atom stereocenters.